The van der Waals surface area contributed by atoms with E-state index in [0.717, 1.165) is 17.7 Å². The van der Waals surface area contributed by atoms with Gasteiger partial charge in [-0.25, -0.2) is 12.8 Å². The van der Waals surface area contributed by atoms with Crippen LogP contribution in [-0.4, -0.2) is 39.9 Å². The van der Waals surface area contributed by atoms with E-state index in [9.17, 15) is 17.6 Å². The molecule has 0 saturated carbocycles. The Hall–Kier alpha value is -2.94. The van der Waals surface area contributed by atoms with Crippen LogP contribution in [0.25, 0.3) is 0 Å². The average Bonchev–Trinajstić information content (AvgIpc) is 2.76. The molecule has 0 aliphatic heterocycles. The molecule has 1 amide bonds. The number of carbonyl (C=O) groups excluding carboxylic acids is 1. The van der Waals surface area contributed by atoms with Crippen molar-refractivity contribution in [3.05, 3.63) is 94.8 Å². The van der Waals surface area contributed by atoms with Crippen LogP contribution in [0.1, 0.15) is 22.0 Å². The first-order valence-electron chi connectivity index (χ1n) is 9.75. The first-order chi connectivity index (χ1) is 15.2. The second kappa shape index (κ2) is 10.1. The second-order valence-corrected chi connectivity index (χ2v) is 9.42. The zero-order chi connectivity index (χ0) is 23.3. The van der Waals surface area contributed by atoms with Gasteiger partial charge in [0, 0.05) is 17.8 Å². The van der Waals surface area contributed by atoms with Gasteiger partial charge in [0.25, 0.3) is 15.9 Å². The van der Waals surface area contributed by atoms with E-state index >= 15 is 0 Å². The van der Waals surface area contributed by atoms with Gasteiger partial charge < -0.3 is 10.2 Å². The highest BCUT2D eigenvalue weighted by Crippen LogP contribution is 2.25. The SMILES string of the molecule is CN(C)C(CNC(=O)c1ccc(Cl)c(S(=O)(=O)Nc2ccc(F)cc2)c1)c1ccccc1. The first kappa shape index (κ1) is 23.7. The largest absolute Gasteiger partial charge is 0.350 e. The van der Waals surface area contributed by atoms with E-state index in [-0.39, 0.29) is 27.2 Å². The number of nitrogens with one attached hydrogen (secondary N) is 2. The minimum atomic E-state index is -4.09. The molecular weight excluding hydrogens is 453 g/mol. The van der Waals surface area contributed by atoms with Crippen molar-refractivity contribution in [1.82, 2.24) is 10.2 Å². The van der Waals surface area contributed by atoms with Crippen LogP contribution in [0.4, 0.5) is 10.1 Å². The first-order valence-corrected chi connectivity index (χ1v) is 11.6. The summed E-state index contributed by atoms with van der Waals surface area (Å²) in [4.78, 5) is 14.5. The number of hydrogen-bond acceptors (Lipinski definition) is 4. The molecule has 2 N–H and O–H groups in total. The summed E-state index contributed by atoms with van der Waals surface area (Å²) in [6, 6.07) is 18.6. The smallest absolute Gasteiger partial charge is 0.263 e. The van der Waals surface area contributed by atoms with Gasteiger partial charge in [-0.1, -0.05) is 41.9 Å². The summed E-state index contributed by atoms with van der Waals surface area (Å²) < 4.78 is 41.0. The molecule has 1 unspecified atom stereocenters. The van der Waals surface area contributed by atoms with E-state index < -0.39 is 21.7 Å². The van der Waals surface area contributed by atoms with Gasteiger partial charge in [0.15, 0.2) is 0 Å². The third-order valence-electron chi connectivity index (χ3n) is 4.84. The topological polar surface area (TPSA) is 78.5 Å². The highest BCUT2D eigenvalue weighted by Gasteiger charge is 2.21. The number of benzene rings is 3. The monoisotopic (exact) mass is 475 g/mol. The van der Waals surface area contributed by atoms with E-state index in [4.69, 9.17) is 11.6 Å². The lowest BCUT2D eigenvalue weighted by atomic mass is 10.1. The Labute approximate surface area is 192 Å². The molecule has 0 saturated heterocycles. The van der Waals surface area contributed by atoms with Crippen molar-refractivity contribution < 1.29 is 17.6 Å². The second-order valence-electron chi connectivity index (χ2n) is 7.36. The maximum absolute atomic E-state index is 13.1. The van der Waals surface area contributed by atoms with Crippen LogP contribution >= 0.6 is 11.6 Å². The van der Waals surface area contributed by atoms with Crippen LogP contribution in [-0.2, 0) is 10.0 Å². The number of halogens is 2. The number of carbonyl (C=O) groups is 1. The van der Waals surface area contributed by atoms with E-state index in [0.29, 0.717) is 6.54 Å². The lowest BCUT2D eigenvalue weighted by Crippen LogP contribution is -2.34. The summed E-state index contributed by atoms with van der Waals surface area (Å²) in [6.07, 6.45) is 0. The van der Waals surface area contributed by atoms with Crippen molar-refractivity contribution in [2.75, 3.05) is 25.4 Å². The van der Waals surface area contributed by atoms with Crippen LogP contribution in [0.15, 0.2) is 77.7 Å². The normalized spacial score (nSPS) is 12.4. The highest BCUT2D eigenvalue weighted by molar-refractivity contribution is 7.92. The van der Waals surface area contributed by atoms with E-state index in [2.05, 4.69) is 10.0 Å². The molecule has 0 aliphatic carbocycles. The van der Waals surface area contributed by atoms with Crippen molar-refractivity contribution in [3.8, 4) is 0 Å². The van der Waals surface area contributed by atoms with Crippen molar-refractivity contribution in [1.29, 1.82) is 0 Å². The number of likely N-dealkylation sites (N-methyl/N-ethyl adjacent to an activating group) is 1. The molecule has 0 bridgehead atoms. The van der Waals surface area contributed by atoms with Crippen molar-refractivity contribution in [3.63, 3.8) is 0 Å². The Balaban J connectivity index is 1.78. The number of nitrogens with zero attached hydrogens (tertiary/aromatic N) is 1. The minimum Gasteiger partial charge on any atom is -0.350 e. The van der Waals surface area contributed by atoms with E-state index in [1.807, 2.05) is 49.3 Å². The summed E-state index contributed by atoms with van der Waals surface area (Å²) in [5.74, 6) is -0.918. The molecule has 3 rings (SSSR count). The lowest BCUT2D eigenvalue weighted by Gasteiger charge is -2.25. The maximum Gasteiger partial charge on any atom is 0.263 e. The molecule has 32 heavy (non-hydrogen) atoms. The highest BCUT2D eigenvalue weighted by atomic mass is 35.5. The number of rotatable bonds is 8. The molecule has 0 aliphatic rings. The molecule has 0 spiro atoms. The molecule has 0 radical (unpaired) electrons. The Bertz CT molecular complexity index is 1190. The third kappa shape index (κ3) is 5.85. The number of sulfonamides is 1. The Morgan fingerprint density at radius 1 is 1.03 bits per heavy atom. The Morgan fingerprint density at radius 2 is 1.69 bits per heavy atom. The van der Waals surface area contributed by atoms with Crippen LogP contribution in [0, 0.1) is 5.82 Å². The number of amides is 1. The molecule has 0 fully saturated rings. The molecule has 0 aromatic heterocycles. The molecule has 3 aromatic carbocycles. The Kier molecular flexibility index (Phi) is 7.50. The molecule has 6 nitrogen and oxygen atoms in total. The van der Waals surface area contributed by atoms with Crippen LogP contribution < -0.4 is 10.0 Å². The molecule has 1 atom stereocenters. The van der Waals surface area contributed by atoms with E-state index in [1.165, 1.54) is 30.3 Å². The van der Waals surface area contributed by atoms with Gasteiger partial charge in [0.1, 0.15) is 10.7 Å². The van der Waals surface area contributed by atoms with Gasteiger partial charge in [0.05, 0.1) is 11.1 Å². The fourth-order valence-corrected chi connectivity index (χ4v) is 4.73. The molecule has 9 heteroatoms. The molecule has 3 aromatic rings. The van der Waals surface area contributed by atoms with Gasteiger partial charge in [-0.2, -0.15) is 0 Å². The quantitative estimate of drug-likeness (QED) is 0.508. The van der Waals surface area contributed by atoms with E-state index in [1.54, 1.807) is 0 Å². The minimum absolute atomic E-state index is 0.0355. The Morgan fingerprint density at radius 3 is 2.31 bits per heavy atom. The average molecular weight is 476 g/mol. The molecule has 168 valence electrons. The van der Waals surface area contributed by atoms with Crippen LogP contribution in [0.3, 0.4) is 0 Å². The van der Waals surface area contributed by atoms with Gasteiger partial charge >= 0.3 is 0 Å². The standard InChI is InChI=1S/C23H23ClFN3O3S/c1-28(2)21(16-6-4-3-5-7-16)15-26-23(29)17-8-13-20(24)22(14-17)32(30,31)27-19-11-9-18(25)10-12-19/h3-14,21,27H,15H2,1-2H3,(H,26,29). The van der Waals surface area contributed by atoms with Gasteiger partial charge in [-0.3, -0.25) is 9.52 Å². The zero-order valence-corrected chi connectivity index (χ0v) is 19.1. The molecule has 0 heterocycles. The van der Waals surface area contributed by atoms with Crippen molar-refractivity contribution in [2.45, 2.75) is 10.9 Å². The zero-order valence-electron chi connectivity index (χ0n) is 17.5. The van der Waals surface area contributed by atoms with Crippen molar-refractivity contribution in [2.24, 2.45) is 0 Å². The third-order valence-corrected chi connectivity index (χ3v) is 6.71. The van der Waals surface area contributed by atoms with Gasteiger partial charge in [0.2, 0.25) is 0 Å². The summed E-state index contributed by atoms with van der Waals surface area (Å²) in [6.45, 7) is 0.328. The van der Waals surface area contributed by atoms with Crippen LogP contribution in [0.2, 0.25) is 5.02 Å². The summed E-state index contributed by atoms with van der Waals surface area (Å²) >= 11 is 6.11. The summed E-state index contributed by atoms with van der Waals surface area (Å²) in [5.41, 5.74) is 1.37. The fraction of sp³-hybridized carbons (Fsp3) is 0.174. The predicted octanol–water partition coefficient (Wildman–Crippen LogP) is 4.31. The van der Waals surface area contributed by atoms with Gasteiger partial charge in [-0.05, 0) is 62.1 Å². The number of anilines is 1. The predicted molar refractivity (Wildman–Crippen MR) is 124 cm³/mol. The number of hydrogen-bond donors (Lipinski definition) is 2. The lowest BCUT2D eigenvalue weighted by molar-refractivity contribution is 0.0941. The molecular formula is C23H23ClFN3O3S. The van der Waals surface area contributed by atoms with Crippen molar-refractivity contribution >= 4 is 33.2 Å². The van der Waals surface area contributed by atoms with Gasteiger partial charge in [-0.15, -0.1) is 0 Å². The fourth-order valence-electron chi connectivity index (χ4n) is 3.14. The summed E-state index contributed by atoms with van der Waals surface area (Å²) in [7, 11) is -0.264. The summed E-state index contributed by atoms with van der Waals surface area (Å²) in [5, 5.41) is 2.82. The maximum atomic E-state index is 13.1. The van der Waals surface area contributed by atoms with Crippen LogP contribution in [0.5, 0.6) is 0 Å².